The van der Waals surface area contributed by atoms with E-state index in [1.54, 1.807) is 12.1 Å². The van der Waals surface area contributed by atoms with E-state index in [1.165, 1.54) is 0 Å². The highest BCUT2D eigenvalue weighted by Crippen LogP contribution is 2.38. The van der Waals surface area contributed by atoms with Crippen molar-refractivity contribution in [3.8, 4) is 11.1 Å². The van der Waals surface area contributed by atoms with Crippen LogP contribution in [0.15, 0.2) is 48.6 Å². The molecule has 1 aliphatic carbocycles. The van der Waals surface area contributed by atoms with Crippen molar-refractivity contribution in [2.24, 2.45) is 5.92 Å². The molecule has 0 atom stereocenters. The number of allylic oxidation sites excluding steroid dienone is 1. The van der Waals surface area contributed by atoms with E-state index >= 15 is 0 Å². The van der Waals surface area contributed by atoms with E-state index in [0.717, 1.165) is 49.5 Å². The van der Waals surface area contributed by atoms with Crippen molar-refractivity contribution in [2.45, 2.75) is 38.0 Å². The molecule has 2 aromatic rings. The molecule has 0 bridgehead atoms. The third kappa shape index (κ3) is 4.32. The van der Waals surface area contributed by atoms with Crippen LogP contribution in [0.2, 0.25) is 0 Å². The van der Waals surface area contributed by atoms with Gasteiger partial charge in [-0.25, -0.2) is 13.2 Å². The van der Waals surface area contributed by atoms with E-state index < -0.39 is 23.5 Å². The maximum atomic E-state index is 13.4. The summed E-state index contributed by atoms with van der Waals surface area (Å²) in [6.07, 6.45) is 3.50. The summed E-state index contributed by atoms with van der Waals surface area (Å²) in [5.74, 6) is -3.22. The van der Waals surface area contributed by atoms with Crippen molar-refractivity contribution >= 4 is 0 Å². The first-order valence-corrected chi connectivity index (χ1v) is 8.70. The standard InChI is InChI=1S/C21H19F5/c22-18-11-17(12-19(23)21(18)26)16-8-6-15(7-9-16)14-4-1-13(2-5-14)3-10-20(24)25/h6-14H,1-5H2/t13-,14-. The Morgan fingerprint density at radius 2 is 1.42 bits per heavy atom. The molecule has 0 N–H and O–H groups in total. The Bertz CT molecular complexity index is 760. The number of rotatable bonds is 4. The smallest absolute Gasteiger partial charge is 0.204 e. The summed E-state index contributed by atoms with van der Waals surface area (Å²) in [5, 5.41) is 0. The Balaban J connectivity index is 1.66. The Morgan fingerprint density at radius 1 is 0.846 bits per heavy atom. The molecule has 0 aromatic heterocycles. The van der Waals surface area contributed by atoms with Gasteiger partial charge in [-0.3, -0.25) is 0 Å². The molecule has 0 unspecified atom stereocenters. The monoisotopic (exact) mass is 366 g/mol. The van der Waals surface area contributed by atoms with Crippen molar-refractivity contribution in [1.82, 2.24) is 0 Å². The maximum Gasteiger partial charge on any atom is 0.266 e. The third-order valence-corrected chi connectivity index (χ3v) is 5.15. The molecular formula is C21H19F5. The van der Waals surface area contributed by atoms with E-state index in [-0.39, 0.29) is 5.56 Å². The highest BCUT2D eigenvalue weighted by atomic mass is 19.3. The molecule has 0 radical (unpaired) electrons. The lowest BCUT2D eigenvalue weighted by Crippen LogP contribution is -2.12. The van der Waals surface area contributed by atoms with Crippen LogP contribution < -0.4 is 0 Å². The summed E-state index contributed by atoms with van der Waals surface area (Å²) >= 11 is 0. The molecule has 1 aliphatic rings. The second-order valence-corrected chi connectivity index (χ2v) is 6.82. The zero-order valence-electron chi connectivity index (χ0n) is 14.1. The maximum absolute atomic E-state index is 13.4. The van der Waals surface area contributed by atoms with Crippen LogP contribution in [0.3, 0.4) is 0 Å². The van der Waals surface area contributed by atoms with Gasteiger partial charge in [-0.1, -0.05) is 24.3 Å². The SMILES string of the molecule is FC(F)=CC[C@H]1CC[C@H](c2ccc(-c3cc(F)c(F)c(F)c3)cc2)CC1. The fourth-order valence-corrected chi connectivity index (χ4v) is 3.66. The van der Waals surface area contributed by atoms with Gasteiger partial charge in [0.25, 0.3) is 6.08 Å². The second kappa shape index (κ2) is 8.02. The highest BCUT2D eigenvalue weighted by molar-refractivity contribution is 5.64. The lowest BCUT2D eigenvalue weighted by molar-refractivity contribution is 0.322. The van der Waals surface area contributed by atoms with E-state index in [2.05, 4.69) is 0 Å². The van der Waals surface area contributed by atoms with E-state index in [1.807, 2.05) is 12.1 Å². The summed E-state index contributed by atoms with van der Waals surface area (Å²) in [6, 6.07) is 9.34. The lowest BCUT2D eigenvalue weighted by atomic mass is 9.77. The van der Waals surface area contributed by atoms with Crippen LogP contribution in [0.1, 0.15) is 43.6 Å². The summed E-state index contributed by atoms with van der Waals surface area (Å²) in [4.78, 5) is 0. The van der Waals surface area contributed by atoms with Crippen LogP contribution in [-0.4, -0.2) is 0 Å². The molecule has 0 saturated heterocycles. The van der Waals surface area contributed by atoms with Crippen molar-refractivity contribution in [1.29, 1.82) is 0 Å². The molecule has 0 heterocycles. The van der Waals surface area contributed by atoms with Gasteiger partial charge in [0.05, 0.1) is 0 Å². The summed E-state index contributed by atoms with van der Waals surface area (Å²) < 4.78 is 64.2. The van der Waals surface area contributed by atoms with Crippen LogP contribution >= 0.6 is 0 Å². The van der Waals surface area contributed by atoms with E-state index in [0.29, 0.717) is 23.8 Å². The van der Waals surface area contributed by atoms with Crippen LogP contribution in [0.25, 0.3) is 11.1 Å². The van der Waals surface area contributed by atoms with E-state index in [4.69, 9.17) is 0 Å². The fourth-order valence-electron chi connectivity index (χ4n) is 3.66. The quantitative estimate of drug-likeness (QED) is 0.396. The number of hydrogen-bond acceptors (Lipinski definition) is 0. The Morgan fingerprint density at radius 3 is 1.96 bits per heavy atom. The molecule has 2 aromatic carbocycles. The summed E-state index contributed by atoms with van der Waals surface area (Å²) in [7, 11) is 0. The van der Waals surface area contributed by atoms with Crippen LogP contribution in [0.5, 0.6) is 0 Å². The molecular weight excluding hydrogens is 347 g/mol. The lowest BCUT2D eigenvalue weighted by Gasteiger charge is -2.28. The van der Waals surface area contributed by atoms with Crippen molar-refractivity contribution in [2.75, 3.05) is 0 Å². The van der Waals surface area contributed by atoms with Crippen LogP contribution in [0.4, 0.5) is 22.0 Å². The molecule has 0 aliphatic heterocycles. The van der Waals surface area contributed by atoms with Gasteiger partial charge in [0, 0.05) is 0 Å². The Hall–Kier alpha value is -2.17. The minimum atomic E-state index is -1.61. The largest absolute Gasteiger partial charge is 0.266 e. The molecule has 0 spiro atoms. The number of benzene rings is 2. The third-order valence-electron chi connectivity index (χ3n) is 5.15. The summed E-state index contributed by atoms with van der Waals surface area (Å²) in [5.41, 5.74) is 2.03. The minimum absolute atomic E-state index is 0.289. The zero-order valence-corrected chi connectivity index (χ0v) is 14.1. The van der Waals surface area contributed by atoms with Gasteiger partial charge < -0.3 is 0 Å². The van der Waals surface area contributed by atoms with Gasteiger partial charge in [0.15, 0.2) is 17.5 Å². The normalized spacial score (nSPS) is 20.0. The predicted octanol–water partition coefficient (Wildman–Crippen LogP) is 7.22. The van der Waals surface area contributed by atoms with Gasteiger partial charge in [-0.2, -0.15) is 8.78 Å². The molecule has 0 nitrogen and oxygen atoms in total. The number of halogens is 5. The first-order chi connectivity index (χ1) is 12.4. The average Bonchev–Trinajstić information content (AvgIpc) is 2.64. The van der Waals surface area contributed by atoms with Gasteiger partial charge >= 0.3 is 0 Å². The van der Waals surface area contributed by atoms with Crippen LogP contribution in [-0.2, 0) is 0 Å². The van der Waals surface area contributed by atoms with Gasteiger partial charge in [-0.05, 0) is 78.8 Å². The average molecular weight is 366 g/mol. The Labute approximate surface area is 149 Å². The predicted molar refractivity (Wildman–Crippen MR) is 91.4 cm³/mol. The van der Waals surface area contributed by atoms with Gasteiger partial charge in [0.2, 0.25) is 0 Å². The molecule has 5 heteroatoms. The van der Waals surface area contributed by atoms with E-state index in [9.17, 15) is 22.0 Å². The highest BCUT2D eigenvalue weighted by Gasteiger charge is 2.22. The molecule has 1 fully saturated rings. The fraction of sp³-hybridized carbons (Fsp3) is 0.333. The Kier molecular flexibility index (Phi) is 5.74. The molecule has 0 amide bonds. The van der Waals surface area contributed by atoms with Crippen LogP contribution in [0, 0.1) is 23.4 Å². The van der Waals surface area contributed by atoms with Crippen molar-refractivity contribution in [3.63, 3.8) is 0 Å². The topological polar surface area (TPSA) is 0 Å². The minimum Gasteiger partial charge on any atom is -0.204 e. The first kappa shape index (κ1) is 18.6. The zero-order chi connectivity index (χ0) is 18.7. The second-order valence-electron chi connectivity index (χ2n) is 6.82. The molecule has 1 saturated carbocycles. The molecule has 138 valence electrons. The first-order valence-electron chi connectivity index (χ1n) is 8.70. The summed E-state index contributed by atoms with van der Waals surface area (Å²) in [6.45, 7) is 0. The molecule has 26 heavy (non-hydrogen) atoms. The van der Waals surface area contributed by atoms with Gasteiger partial charge in [0.1, 0.15) is 0 Å². The molecule has 3 rings (SSSR count). The van der Waals surface area contributed by atoms with Crippen molar-refractivity contribution < 1.29 is 22.0 Å². The van der Waals surface area contributed by atoms with Gasteiger partial charge in [-0.15, -0.1) is 0 Å². The number of hydrogen-bond donors (Lipinski definition) is 0. The van der Waals surface area contributed by atoms with Crippen molar-refractivity contribution in [3.05, 3.63) is 71.6 Å².